The molecule has 1 fully saturated rings. The van der Waals surface area contributed by atoms with Crippen LogP contribution < -0.4 is 20.1 Å². The van der Waals surface area contributed by atoms with Gasteiger partial charge in [0.1, 0.15) is 0 Å². The summed E-state index contributed by atoms with van der Waals surface area (Å²) in [4.78, 5) is 4.95. The third-order valence-corrected chi connectivity index (χ3v) is 5.53. The quantitative estimate of drug-likeness (QED) is 0.345. The highest BCUT2D eigenvalue weighted by molar-refractivity contribution is 5.79. The molecule has 2 aliphatic heterocycles. The Morgan fingerprint density at radius 2 is 1.97 bits per heavy atom. The normalized spacial score (nSPS) is 17.9. The lowest BCUT2D eigenvalue weighted by Gasteiger charge is -2.36. The second-order valence-electron chi connectivity index (χ2n) is 8.40. The van der Waals surface area contributed by atoms with Crippen LogP contribution in [0.3, 0.4) is 0 Å². The summed E-state index contributed by atoms with van der Waals surface area (Å²) in [5.74, 6) is 3.07. The van der Waals surface area contributed by atoms with Crippen LogP contribution in [0.5, 0.6) is 11.5 Å². The SMILES string of the molecule is CCNC(=NCC1(c2ccc3c(c2)OCO3)CCOCC1)NCCCOCC(C)C. The molecule has 168 valence electrons. The highest BCUT2D eigenvalue weighted by Crippen LogP contribution is 2.41. The van der Waals surface area contributed by atoms with E-state index in [0.29, 0.717) is 19.3 Å². The van der Waals surface area contributed by atoms with Gasteiger partial charge >= 0.3 is 0 Å². The van der Waals surface area contributed by atoms with E-state index in [2.05, 4.69) is 43.5 Å². The van der Waals surface area contributed by atoms with Gasteiger partial charge in [-0.2, -0.15) is 0 Å². The first-order valence-corrected chi connectivity index (χ1v) is 11.2. The molecule has 1 saturated heterocycles. The summed E-state index contributed by atoms with van der Waals surface area (Å²) in [6, 6.07) is 6.29. The molecule has 0 amide bonds. The van der Waals surface area contributed by atoms with Crippen LogP contribution >= 0.6 is 0 Å². The number of rotatable bonds is 10. The molecular weight excluding hydrogens is 382 g/mol. The molecule has 0 unspecified atom stereocenters. The Kier molecular flexibility index (Phi) is 8.63. The molecular formula is C23H37N3O4. The topological polar surface area (TPSA) is 73.3 Å². The van der Waals surface area contributed by atoms with Crippen molar-refractivity contribution in [1.29, 1.82) is 0 Å². The molecule has 0 atom stereocenters. The molecule has 2 aliphatic rings. The number of guanidine groups is 1. The predicted octanol–water partition coefficient (Wildman–Crippen LogP) is 3.08. The van der Waals surface area contributed by atoms with E-state index < -0.39 is 0 Å². The number of nitrogens with zero attached hydrogens (tertiary/aromatic N) is 1. The number of nitrogens with one attached hydrogen (secondary N) is 2. The summed E-state index contributed by atoms with van der Waals surface area (Å²) in [6.07, 6.45) is 2.84. The Morgan fingerprint density at radius 1 is 1.17 bits per heavy atom. The van der Waals surface area contributed by atoms with Crippen molar-refractivity contribution < 1.29 is 18.9 Å². The van der Waals surface area contributed by atoms with Crippen molar-refractivity contribution >= 4 is 5.96 Å². The molecule has 1 aromatic rings. The van der Waals surface area contributed by atoms with E-state index in [1.165, 1.54) is 5.56 Å². The molecule has 1 aromatic carbocycles. The predicted molar refractivity (Wildman–Crippen MR) is 119 cm³/mol. The summed E-state index contributed by atoms with van der Waals surface area (Å²) in [7, 11) is 0. The maximum absolute atomic E-state index is 5.67. The Balaban J connectivity index is 1.63. The minimum absolute atomic E-state index is 0.0536. The van der Waals surface area contributed by atoms with E-state index >= 15 is 0 Å². The average molecular weight is 420 g/mol. The van der Waals surface area contributed by atoms with E-state index in [0.717, 1.165) is 76.2 Å². The van der Waals surface area contributed by atoms with Crippen molar-refractivity contribution in [1.82, 2.24) is 10.6 Å². The molecule has 7 heteroatoms. The largest absolute Gasteiger partial charge is 0.454 e. The lowest BCUT2D eigenvalue weighted by Crippen LogP contribution is -2.41. The molecule has 30 heavy (non-hydrogen) atoms. The molecule has 0 aromatic heterocycles. The minimum atomic E-state index is -0.0536. The van der Waals surface area contributed by atoms with Crippen LogP contribution in [0.25, 0.3) is 0 Å². The fourth-order valence-electron chi connectivity index (χ4n) is 3.80. The van der Waals surface area contributed by atoms with Gasteiger partial charge in [0.05, 0.1) is 6.54 Å². The van der Waals surface area contributed by atoms with Gasteiger partial charge in [-0.15, -0.1) is 0 Å². The molecule has 3 rings (SSSR count). The van der Waals surface area contributed by atoms with Crippen molar-refractivity contribution in [3.8, 4) is 11.5 Å². The minimum Gasteiger partial charge on any atom is -0.454 e. The van der Waals surface area contributed by atoms with Crippen molar-refractivity contribution in [2.45, 2.75) is 45.4 Å². The van der Waals surface area contributed by atoms with Crippen LogP contribution in [0.4, 0.5) is 0 Å². The van der Waals surface area contributed by atoms with Gasteiger partial charge in [0, 0.05) is 44.9 Å². The van der Waals surface area contributed by atoms with Crippen molar-refractivity contribution in [2.24, 2.45) is 10.9 Å². The molecule has 0 saturated carbocycles. The summed E-state index contributed by atoms with van der Waals surface area (Å²) >= 11 is 0. The fourth-order valence-corrected chi connectivity index (χ4v) is 3.80. The van der Waals surface area contributed by atoms with E-state index in [4.69, 9.17) is 23.9 Å². The second-order valence-corrected chi connectivity index (χ2v) is 8.40. The third kappa shape index (κ3) is 6.25. The van der Waals surface area contributed by atoms with Crippen LogP contribution in [0, 0.1) is 5.92 Å². The van der Waals surface area contributed by atoms with Crippen LogP contribution in [-0.2, 0) is 14.9 Å². The zero-order valence-electron chi connectivity index (χ0n) is 18.7. The van der Waals surface area contributed by atoms with Gasteiger partial charge in [-0.05, 0) is 49.8 Å². The van der Waals surface area contributed by atoms with Crippen molar-refractivity contribution in [3.05, 3.63) is 23.8 Å². The number of aliphatic imine (C=N–C) groups is 1. The summed E-state index contributed by atoms with van der Waals surface area (Å²) in [5.41, 5.74) is 1.19. The lowest BCUT2D eigenvalue weighted by molar-refractivity contribution is 0.0530. The first-order valence-electron chi connectivity index (χ1n) is 11.2. The van der Waals surface area contributed by atoms with Crippen molar-refractivity contribution in [2.75, 3.05) is 52.9 Å². The first-order chi connectivity index (χ1) is 14.6. The summed E-state index contributed by atoms with van der Waals surface area (Å²) in [6.45, 7) is 12.2. The Bertz CT molecular complexity index is 687. The second kappa shape index (κ2) is 11.4. The highest BCUT2D eigenvalue weighted by Gasteiger charge is 2.35. The molecule has 0 spiro atoms. The molecule has 7 nitrogen and oxygen atoms in total. The third-order valence-electron chi connectivity index (χ3n) is 5.53. The van der Waals surface area contributed by atoms with Gasteiger partial charge < -0.3 is 29.6 Å². The molecule has 2 heterocycles. The van der Waals surface area contributed by atoms with Crippen molar-refractivity contribution in [3.63, 3.8) is 0 Å². The van der Waals surface area contributed by atoms with Gasteiger partial charge in [0.15, 0.2) is 17.5 Å². The van der Waals surface area contributed by atoms with Crippen LogP contribution in [0.15, 0.2) is 23.2 Å². The van der Waals surface area contributed by atoms with Gasteiger partial charge in [0.25, 0.3) is 0 Å². The van der Waals surface area contributed by atoms with E-state index in [1.54, 1.807) is 0 Å². The number of hydrogen-bond donors (Lipinski definition) is 2. The van der Waals surface area contributed by atoms with Gasteiger partial charge in [-0.1, -0.05) is 19.9 Å². The van der Waals surface area contributed by atoms with Crippen LogP contribution in [0.2, 0.25) is 0 Å². The number of fused-ring (bicyclic) bond motifs is 1. The van der Waals surface area contributed by atoms with E-state index in [-0.39, 0.29) is 5.41 Å². The highest BCUT2D eigenvalue weighted by atomic mass is 16.7. The standard InChI is InChI=1S/C23H37N3O4/c1-4-24-22(25-10-5-11-28-15-18(2)3)26-16-23(8-12-27-13-9-23)19-6-7-20-21(14-19)30-17-29-20/h6-7,14,18H,4-5,8-13,15-17H2,1-3H3,(H2,24,25,26). The number of hydrogen-bond acceptors (Lipinski definition) is 5. The first kappa shape index (κ1) is 22.7. The molecule has 0 radical (unpaired) electrons. The summed E-state index contributed by atoms with van der Waals surface area (Å²) < 4.78 is 22.4. The molecule has 0 aliphatic carbocycles. The smallest absolute Gasteiger partial charge is 0.231 e. The zero-order valence-corrected chi connectivity index (χ0v) is 18.7. The monoisotopic (exact) mass is 419 g/mol. The summed E-state index contributed by atoms with van der Waals surface area (Å²) in [5, 5.41) is 6.81. The van der Waals surface area contributed by atoms with Gasteiger partial charge in [0.2, 0.25) is 6.79 Å². The van der Waals surface area contributed by atoms with Gasteiger partial charge in [-0.25, -0.2) is 0 Å². The Hall–Kier alpha value is -1.99. The molecule has 0 bridgehead atoms. The Labute approximate surface area is 180 Å². The number of benzene rings is 1. The maximum atomic E-state index is 5.67. The lowest BCUT2D eigenvalue weighted by atomic mass is 9.74. The number of ether oxygens (including phenoxy) is 4. The van der Waals surface area contributed by atoms with Gasteiger partial charge in [-0.3, -0.25) is 4.99 Å². The van der Waals surface area contributed by atoms with Crippen LogP contribution in [0.1, 0.15) is 45.6 Å². The fraction of sp³-hybridized carbons (Fsp3) is 0.696. The zero-order chi connectivity index (χ0) is 21.2. The Morgan fingerprint density at radius 3 is 2.73 bits per heavy atom. The average Bonchev–Trinajstić information content (AvgIpc) is 3.23. The molecule has 2 N–H and O–H groups in total. The van der Waals surface area contributed by atoms with Crippen LogP contribution in [-0.4, -0.2) is 58.8 Å². The van der Waals surface area contributed by atoms with E-state index in [1.807, 2.05) is 6.07 Å². The maximum Gasteiger partial charge on any atom is 0.231 e. The van der Waals surface area contributed by atoms with E-state index in [9.17, 15) is 0 Å².